The molecule has 1 aromatic carbocycles. The topological polar surface area (TPSA) is 0 Å². The minimum absolute atomic E-state index is 0.970. The molecule has 0 N–H and O–H groups in total. The van der Waals surface area contributed by atoms with Crippen LogP contribution in [0, 0.1) is 0 Å². The van der Waals surface area contributed by atoms with E-state index < -0.39 is 5.51 Å². The van der Waals surface area contributed by atoms with E-state index in [4.69, 9.17) is 0 Å². The second-order valence-electron chi connectivity index (χ2n) is 2.93. The molecule has 74 valence electrons. The van der Waals surface area contributed by atoms with Crippen LogP contribution < -0.4 is 5.30 Å². The third-order valence-electron chi connectivity index (χ3n) is 1.96. The summed E-state index contributed by atoms with van der Waals surface area (Å²) in [6.07, 6.45) is 2.92. The number of hydrogen-bond donors (Lipinski definition) is 0. The van der Waals surface area contributed by atoms with Gasteiger partial charge in [-0.25, -0.2) is 0 Å². The van der Waals surface area contributed by atoms with Gasteiger partial charge in [-0.2, -0.15) is 0 Å². The Kier molecular flexibility index (Phi) is 4.60. The Morgan fingerprint density at radius 2 is 1.86 bits per heavy atom. The second kappa shape index (κ2) is 5.28. The predicted molar refractivity (Wildman–Crippen MR) is 71.7 cm³/mol. The molecule has 0 spiro atoms. The van der Waals surface area contributed by atoms with Crippen molar-refractivity contribution in [3.05, 3.63) is 53.8 Å². The van der Waals surface area contributed by atoms with E-state index in [0.717, 1.165) is 10.6 Å². The van der Waals surface area contributed by atoms with Gasteiger partial charge in [0.15, 0.2) is 0 Å². The van der Waals surface area contributed by atoms with Gasteiger partial charge in [-0.05, 0) is 0 Å². The van der Waals surface area contributed by atoms with E-state index >= 15 is 0 Å². The SMILES string of the molecule is C=CCP(=[Se])(C=C)c1ccc(Br)cc1. The van der Waals surface area contributed by atoms with E-state index in [9.17, 15) is 0 Å². The predicted octanol–water partition coefficient (Wildman–Crippen LogP) is 3.51. The van der Waals surface area contributed by atoms with E-state index in [2.05, 4.69) is 68.5 Å². The van der Waals surface area contributed by atoms with Gasteiger partial charge in [0, 0.05) is 0 Å². The third kappa shape index (κ3) is 2.81. The number of allylic oxidation sites excluding steroid dienone is 1. The van der Waals surface area contributed by atoms with Crippen molar-refractivity contribution in [2.45, 2.75) is 0 Å². The molecule has 0 bridgehead atoms. The summed E-state index contributed by atoms with van der Waals surface area (Å²) in [6, 6.07) is 8.40. The molecule has 0 aromatic heterocycles. The van der Waals surface area contributed by atoms with Gasteiger partial charge in [0.05, 0.1) is 0 Å². The van der Waals surface area contributed by atoms with Crippen LogP contribution in [0.2, 0.25) is 0 Å². The summed E-state index contributed by atoms with van der Waals surface area (Å²) in [6.45, 7) is 7.70. The maximum absolute atomic E-state index is 3.91. The molecule has 0 saturated heterocycles. The zero-order valence-corrected chi connectivity index (χ0v) is 12.0. The Bertz CT molecular complexity index is 381. The van der Waals surface area contributed by atoms with Gasteiger partial charge < -0.3 is 0 Å². The molecule has 1 atom stereocenters. The number of hydrogen-bond acceptors (Lipinski definition) is 0. The molecule has 1 rings (SSSR count). The Morgan fingerprint density at radius 1 is 1.29 bits per heavy atom. The van der Waals surface area contributed by atoms with Crippen LogP contribution in [-0.4, -0.2) is 21.3 Å². The molecule has 1 aromatic rings. The molecule has 0 heterocycles. The van der Waals surface area contributed by atoms with Gasteiger partial charge in [-0.1, -0.05) is 0 Å². The first-order chi connectivity index (χ1) is 6.62. The first-order valence-corrected chi connectivity index (χ1v) is 9.27. The van der Waals surface area contributed by atoms with Gasteiger partial charge >= 0.3 is 102 Å². The number of benzene rings is 1. The second-order valence-corrected chi connectivity index (χ2v) is 10.8. The zero-order chi connectivity index (χ0) is 10.6. The van der Waals surface area contributed by atoms with Gasteiger partial charge in [-0.3, -0.25) is 0 Å². The van der Waals surface area contributed by atoms with E-state index in [1.54, 1.807) is 0 Å². The van der Waals surface area contributed by atoms with Crippen LogP contribution in [0.1, 0.15) is 0 Å². The molecule has 0 aliphatic carbocycles. The monoisotopic (exact) mass is 334 g/mol. The van der Waals surface area contributed by atoms with Crippen molar-refractivity contribution in [1.82, 2.24) is 0 Å². The van der Waals surface area contributed by atoms with Crippen LogP contribution in [0.4, 0.5) is 0 Å². The van der Waals surface area contributed by atoms with Crippen LogP contribution in [0.3, 0.4) is 0 Å². The fraction of sp³-hybridized carbons (Fsp3) is 0.0909. The van der Waals surface area contributed by atoms with E-state index in [-0.39, 0.29) is 0 Å². The molecular weight excluding hydrogens is 322 g/mol. The van der Waals surface area contributed by atoms with Crippen molar-refractivity contribution in [2.24, 2.45) is 0 Å². The molecule has 0 saturated carbocycles. The van der Waals surface area contributed by atoms with Crippen molar-refractivity contribution in [1.29, 1.82) is 0 Å². The summed E-state index contributed by atoms with van der Waals surface area (Å²) in [4.78, 5) is 0. The summed E-state index contributed by atoms with van der Waals surface area (Å²) in [5.74, 6) is 2.04. The Labute approximate surface area is 101 Å². The van der Waals surface area contributed by atoms with Crippen molar-refractivity contribution in [3.63, 3.8) is 0 Å². The normalized spacial score (nSPS) is 14.4. The summed E-state index contributed by atoms with van der Waals surface area (Å²) in [5.41, 5.74) is -1.32. The average Bonchev–Trinajstić information content (AvgIpc) is 2.19. The van der Waals surface area contributed by atoms with Crippen LogP contribution in [-0.2, 0) is 0 Å². The molecule has 0 radical (unpaired) electrons. The summed E-state index contributed by atoms with van der Waals surface area (Å²) < 4.78 is 1.11. The molecule has 1 unspecified atom stereocenters. The van der Waals surface area contributed by atoms with Crippen LogP contribution in [0.5, 0.6) is 0 Å². The van der Waals surface area contributed by atoms with Crippen LogP contribution in [0.15, 0.2) is 53.8 Å². The van der Waals surface area contributed by atoms with Crippen molar-refractivity contribution >= 4 is 41.8 Å². The van der Waals surface area contributed by atoms with Crippen molar-refractivity contribution in [3.8, 4) is 0 Å². The molecule has 0 aliphatic heterocycles. The van der Waals surface area contributed by atoms with E-state index in [1.165, 1.54) is 5.30 Å². The van der Waals surface area contributed by atoms with Gasteiger partial charge in [0.25, 0.3) is 0 Å². The van der Waals surface area contributed by atoms with Gasteiger partial charge in [-0.15, -0.1) is 0 Å². The molecule has 14 heavy (non-hydrogen) atoms. The number of rotatable bonds is 4. The average molecular weight is 334 g/mol. The fourth-order valence-corrected chi connectivity index (χ4v) is 4.47. The van der Waals surface area contributed by atoms with E-state index in [0.29, 0.717) is 0 Å². The Balaban J connectivity index is 3.12. The molecule has 0 fully saturated rings. The van der Waals surface area contributed by atoms with Crippen LogP contribution in [0.25, 0.3) is 0 Å². The number of halogens is 1. The summed E-state index contributed by atoms with van der Waals surface area (Å²) >= 11 is 6.71. The Morgan fingerprint density at radius 3 is 2.29 bits per heavy atom. The molecule has 0 amide bonds. The van der Waals surface area contributed by atoms with Gasteiger partial charge in [0.2, 0.25) is 0 Å². The molecule has 3 heteroatoms. The van der Waals surface area contributed by atoms with Crippen LogP contribution >= 0.6 is 21.4 Å². The first-order valence-electron chi connectivity index (χ1n) is 4.22. The third-order valence-corrected chi connectivity index (χ3v) is 8.25. The van der Waals surface area contributed by atoms with Gasteiger partial charge in [0.1, 0.15) is 0 Å². The maximum atomic E-state index is 3.91. The molecular formula is C11H12BrPSe. The zero-order valence-electron chi connectivity index (χ0n) is 7.82. The molecule has 0 aliphatic rings. The summed E-state index contributed by atoms with van der Waals surface area (Å²) in [5, 5.41) is 1.33. The first kappa shape index (κ1) is 12.2. The molecule has 0 nitrogen and oxygen atoms in total. The summed E-state index contributed by atoms with van der Waals surface area (Å²) in [7, 11) is 0. The fourth-order valence-electron chi connectivity index (χ4n) is 1.17. The van der Waals surface area contributed by atoms with Crippen molar-refractivity contribution in [2.75, 3.05) is 6.16 Å². The Hall–Kier alpha value is 0.129. The minimum atomic E-state index is -1.32. The van der Waals surface area contributed by atoms with Crippen molar-refractivity contribution < 1.29 is 0 Å². The quantitative estimate of drug-likeness (QED) is 0.449. The standard InChI is InChI=1S/C11H12BrPSe/c1-3-9-13(14,4-2)11-7-5-10(12)6-8-11/h3-8H,1-2,9H2. The van der Waals surface area contributed by atoms with E-state index in [1.807, 2.05) is 11.9 Å².